The van der Waals surface area contributed by atoms with Crippen LogP contribution in [0.2, 0.25) is 5.02 Å². The van der Waals surface area contributed by atoms with Gasteiger partial charge in [-0.15, -0.1) is 24.0 Å². The average Bonchev–Trinajstić information content (AvgIpc) is 2.53. The van der Waals surface area contributed by atoms with Gasteiger partial charge in [0.25, 0.3) is 0 Å². The maximum atomic E-state index is 12.1. The second-order valence-corrected chi connectivity index (χ2v) is 8.99. The third kappa shape index (κ3) is 7.15. The number of nitrogens with one attached hydrogen (secondary N) is 2. The summed E-state index contributed by atoms with van der Waals surface area (Å²) >= 11 is 8.13. The van der Waals surface area contributed by atoms with Gasteiger partial charge in [-0.2, -0.15) is 11.8 Å². The van der Waals surface area contributed by atoms with Crippen molar-refractivity contribution in [3.8, 4) is 0 Å². The Balaban J connectivity index is 0.00000338. The van der Waals surface area contributed by atoms with Gasteiger partial charge in [-0.1, -0.05) is 17.7 Å². The zero-order valence-electron chi connectivity index (χ0n) is 15.8. The standard InChI is InChI=1S/C18H27ClN4OS.HI/c1-13-5-6-15(14(19)11-13)22-16(24)7-8-21-17(20-4)23-9-10-25-18(2,3)12-23;/h5-6,11H,7-10,12H2,1-4H3,(H,20,21)(H,22,24);1H. The number of aryl methyl sites for hydroxylation is 1. The lowest BCUT2D eigenvalue weighted by atomic mass is 10.2. The van der Waals surface area contributed by atoms with Crippen LogP contribution in [0, 0.1) is 6.92 Å². The van der Waals surface area contributed by atoms with Gasteiger partial charge in [0.15, 0.2) is 5.96 Å². The second-order valence-electron chi connectivity index (χ2n) is 6.79. The number of carbonyl (C=O) groups is 1. The predicted octanol–water partition coefficient (Wildman–Crippen LogP) is 4.00. The van der Waals surface area contributed by atoms with E-state index in [0.717, 1.165) is 30.4 Å². The molecule has 0 atom stereocenters. The van der Waals surface area contributed by atoms with Crippen molar-refractivity contribution < 1.29 is 4.79 Å². The van der Waals surface area contributed by atoms with E-state index in [9.17, 15) is 4.79 Å². The minimum Gasteiger partial charge on any atom is -0.356 e. The molecule has 1 aliphatic rings. The van der Waals surface area contributed by atoms with Crippen molar-refractivity contribution in [2.24, 2.45) is 4.99 Å². The van der Waals surface area contributed by atoms with Gasteiger partial charge in [0.1, 0.15) is 0 Å². The molecule has 0 unspecified atom stereocenters. The SMILES string of the molecule is CN=C(NCCC(=O)Nc1ccc(C)cc1Cl)N1CCSC(C)(C)C1.I. The van der Waals surface area contributed by atoms with Gasteiger partial charge in [-0.25, -0.2) is 0 Å². The van der Waals surface area contributed by atoms with Crippen molar-refractivity contribution in [3.05, 3.63) is 28.8 Å². The summed E-state index contributed by atoms with van der Waals surface area (Å²) in [6.45, 7) is 8.91. The number of anilines is 1. The van der Waals surface area contributed by atoms with Crippen molar-refractivity contribution >= 4 is 64.9 Å². The maximum absolute atomic E-state index is 12.1. The highest BCUT2D eigenvalue weighted by Gasteiger charge is 2.28. The van der Waals surface area contributed by atoms with Gasteiger partial charge in [0.05, 0.1) is 10.7 Å². The summed E-state index contributed by atoms with van der Waals surface area (Å²) in [7, 11) is 1.78. The van der Waals surface area contributed by atoms with Crippen LogP contribution in [0.1, 0.15) is 25.8 Å². The van der Waals surface area contributed by atoms with Gasteiger partial charge in [0.2, 0.25) is 5.91 Å². The van der Waals surface area contributed by atoms with Crippen LogP contribution in [0.15, 0.2) is 23.2 Å². The number of hydrogen-bond acceptors (Lipinski definition) is 3. The average molecular weight is 511 g/mol. The summed E-state index contributed by atoms with van der Waals surface area (Å²) < 4.78 is 0.218. The summed E-state index contributed by atoms with van der Waals surface area (Å²) in [5, 5.41) is 6.70. The number of benzene rings is 1. The van der Waals surface area contributed by atoms with Crippen LogP contribution >= 0.6 is 47.3 Å². The van der Waals surface area contributed by atoms with E-state index < -0.39 is 0 Å². The van der Waals surface area contributed by atoms with Crippen LogP contribution in [-0.2, 0) is 4.79 Å². The van der Waals surface area contributed by atoms with E-state index in [-0.39, 0.29) is 34.6 Å². The van der Waals surface area contributed by atoms with Crippen molar-refractivity contribution in [1.29, 1.82) is 0 Å². The molecule has 1 aromatic rings. The lowest BCUT2D eigenvalue weighted by Gasteiger charge is -2.39. The van der Waals surface area contributed by atoms with Crippen molar-refractivity contribution in [2.75, 3.05) is 37.8 Å². The highest BCUT2D eigenvalue weighted by Crippen LogP contribution is 2.29. The number of thioether (sulfide) groups is 1. The van der Waals surface area contributed by atoms with E-state index in [1.807, 2.05) is 36.9 Å². The highest BCUT2D eigenvalue weighted by molar-refractivity contribution is 14.0. The zero-order valence-corrected chi connectivity index (χ0v) is 19.7. The maximum Gasteiger partial charge on any atom is 0.226 e. The van der Waals surface area contributed by atoms with E-state index in [0.29, 0.717) is 23.7 Å². The smallest absolute Gasteiger partial charge is 0.226 e. The fourth-order valence-corrected chi connectivity index (χ4v) is 4.15. The van der Waals surface area contributed by atoms with Crippen LogP contribution in [0.3, 0.4) is 0 Å². The number of amides is 1. The lowest BCUT2D eigenvalue weighted by molar-refractivity contribution is -0.116. The fraction of sp³-hybridized carbons (Fsp3) is 0.556. The molecule has 2 N–H and O–H groups in total. The van der Waals surface area contributed by atoms with E-state index in [2.05, 4.69) is 34.4 Å². The molecule has 1 amide bonds. The molecule has 1 fully saturated rings. The Labute approximate surface area is 182 Å². The summed E-state index contributed by atoms with van der Waals surface area (Å²) in [6.07, 6.45) is 0.356. The first kappa shape index (κ1) is 23.4. The molecule has 0 bridgehead atoms. The minimum atomic E-state index is -0.0664. The molecule has 26 heavy (non-hydrogen) atoms. The molecule has 0 spiro atoms. The fourth-order valence-electron chi connectivity index (χ4n) is 2.75. The Bertz CT molecular complexity index is 654. The molecule has 5 nitrogen and oxygen atoms in total. The molecule has 0 radical (unpaired) electrons. The monoisotopic (exact) mass is 510 g/mol. The van der Waals surface area contributed by atoms with Gasteiger partial charge < -0.3 is 15.5 Å². The molecule has 0 aromatic heterocycles. The molecule has 2 rings (SSSR count). The topological polar surface area (TPSA) is 56.7 Å². The Hall–Kier alpha value is -0.670. The van der Waals surface area contributed by atoms with Crippen LogP contribution in [0.4, 0.5) is 5.69 Å². The first-order valence-corrected chi connectivity index (χ1v) is 9.83. The third-order valence-electron chi connectivity index (χ3n) is 3.97. The summed E-state index contributed by atoms with van der Waals surface area (Å²) in [4.78, 5) is 18.7. The Morgan fingerprint density at radius 3 is 2.77 bits per heavy atom. The molecule has 1 aromatic carbocycles. The molecule has 1 heterocycles. The third-order valence-corrected chi connectivity index (χ3v) is 5.58. The van der Waals surface area contributed by atoms with E-state index in [4.69, 9.17) is 11.6 Å². The van der Waals surface area contributed by atoms with Crippen molar-refractivity contribution in [3.63, 3.8) is 0 Å². The molecule has 0 aliphatic carbocycles. The predicted molar refractivity (Wildman–Crippen MR) is 124 cm³/mol. The Kier molecular flexibility index (Phi) is 9.54. The number of rotatable bonds is 4. The molecular weight excluding hydrogens is 483 g/mol. The van der Waals surface area contributed by atoms with Gasteiger partial charge >= 0.3 is 0 Å². The van der Waals surface area contributed by atoms with Crippen molar-refractivity contribution in [2.45, 2.75) is 31.9 Å². The molecule has 1 saturated heterocycles. The highest BCUT2D eigenvalue weighted by atomic mass is 127. The van der Waals surface area contributed by atoms with Crippen LogP contribution in [0.5, 0.6) is 0 Å². The van der Waals surface area contributed by atoms with Crippen LogP contribution < -0.4 is 10.6 Å². The Morgan fingerprint density at radius 2 is 2.15 bits per heavy atom. The van der Waals surface area contributed by atoms with E-state index in [1.165, 1.54) is 0 Å². The number of guanidine groups is 1. The van der Waals surface area contributed by atoms with Crippen LogP contribution in [0.25, 0.3) is 0 Å². The van der Waals surface area contributed by atoms with Gasteiger partial charge in [0, 0.05) is 43.6 Å². The minimum absolute atomic E-state index is 0. The summed E-state index contributed by atoms with van der Waals surface area (Å²) in [5.74, 6) is 1.87. The molecule has 146 valence electrons. The normalized spacial score (nSPS) is 16.7. The number of aliphatic imine (C=N–C) groups is 1. The number of nitrogens with zero attached hydrogens (tertiary/aromatic N) is 2. The zero-order chi connectivity index (χ0) is 18.4. The largest absolute Gasteiger partial charge is 0.356 e. The molecule has 8 heteroatoms. The lowest BCUT2D eigenvalue weighted by Crippen LogP contribution is -2.51. The number of hydrogen-bond donors (Lipinski definition) is 2. The molecular formula is C18H28ClIN4OS. The van der Waals surface area contributed by atoms with Crippen LogP contribution in [-0.4, -0.2) is 53.9 Å². The Morgan fingerprint density at radius 1 is 1.42 bits per heavy atom. The number of halogens is 2. The summed E-state index contributed by atoms with van der Waals surface area (Å²) in [6, 6.07) is 5.60. The van der Waals surface area contributed by atoms with E-state index >= 15 is 0 Å². The first-order valence-electron chi connectivity index (χ1n) is 8.46. The van der Waals surface area contributed by atoms with E-state index in [1.54, 1.807) is 7.05 Å². The first-order chi connectivity index (χ1) is 11.8. The quantitative estimate of drug-likeness (QED) is 0.365. The van der Waals surface area contributed by atoms with Gasteiger partial charge in [-0.05, 0) is 38.5 Å². The summed E-state index contributed by atoms with van der Waals surface area (Å²) in [5.41, 5.74) is 1.72. The second kappa shape index (κ2) is 10.6. The van der Waals surface area contributed by atoms with Gasteiger partial charge in [-0.3, -0.25) is 9.79 Å². The number of carbonyl (C=O) groups excluding carboxylic acids is 1. The van der Waals surface area contributed by atoms with Crippen molar-refractivity contribution in [1.82, 2.24) is 10.2 Å². The molecule has 1 aliphatic heterocycles. The molecule has 0 saturated carbocycles.